The van der Waals surface area contributed by atoms with Crippen LogP contribution in [0.5, 0.6) is 5.75 Å². The highest BCUT2D eigenvalue weighted by atomic mass is 16.6. The second kappa shape index (κ2) is 12.7. The number of imide groups is 1. The Balaban J connectivity index is 1.43. The summed E-state index contributed by atoms with van der Waals surface area (Å²) in [4.78, 5) is 43.1. The molecule has 4 atom stereocenters. The molecule has 2 aromatic carbocycles. The molecular formula is C32H31N3O8. The molecule has 11 heteroatoms. The van der Waals surface area contributed by atoms with E-state index in [0.717, 1.165) is 22.1 Å². The quantitative estimate of drug-likeness (QED) is 0.120. The van der Waals surface area contributed by atoms with Crippen molar-refractivity contribution in [2.45, 2.75) is 25.4 Å². The number of carbonyl (C=O) groups excluding carboxylic acids is 2. The van der Waals surface area contributed by atoms with Crippen molar-refractivity contribution in [1.82, 2.24) is 4.98 Å². The van der Waals surface area contributed by atoms with E-state index in [9.17, 15) is 40.1 Å². The number of aliphatic hydroxyl groups is 3. The first-order valence-corrected chi connectivity index (χ1v) is 13.9. The minimum Gasteiger partial charge on any atom is -0.508 e. The molecule has 3 aromatic rings. The molecule has 222 valence electrons. The predicted octanol–water partition coefficient (Wildman–Crippen LogP) is 3.48. The molecule has 4 N–H and O–H groups in total. The first-order chi connectivity index (χ1) is 20.7. The molecule has 0 spiro atoms. The van der Waals surface area contributed by atoms with Crippen LogP contribution in [0.1, 0.15) is 30.5 Å². The van der Waals surface area contributed by atoms with Gasteiger partial charge < -0.3 is 20.4 Å². The fourth-order valence-corrected chi connectivity index (χ4v) is 6.20. The molecule has 1 saturated heterocycles. The fraction of sp³-hybridized carbons (Fsp3) is 0.281. The van der Waals surface area contributed by atoms with Crippen LogP contribution in [0, 0.1) is 27.9 Å². The van der Waals surface area contributed by atoms with E-state index in [1.54, 1.807) is 30.5 Å². The molecule has 1 aliphatic carbocycles. The summed E-state index contributed by atoms with van der Waals surface area (Å²) in [6.07, 6.45) is 2.83. The van der Waals surface area contributed by atoms with Crippen LogP contribution in [-0.4, -0.2) is 61.5 Å². The minimum absolute atomic E-state index is 0.00624. The van der Waals surface area contributed by atoms with Crippen LogP contribution >= 0.6 is 0 Å². The predicted molar refractivity (Wildman–Crippen MR) is 157 cm³/mol. The number of aromatic hydroxyl groups is 1. The molecule has 0 saturated carbocycles. The van der Waals surface area contributed by atoms with Gasteiger partial charge in [0.15, 0.2) is 0 Å². The lowest BCUT2D eigenvalue weighted by Crippen LogP contribution is -2.39. The second-order valence-electron chi connectivity index (χ2n) is 10.7. The molecule has 0 radical (unpaired) electrons. The maximum Gasteiger partial charge on any atom is 0.271 e. The number of nitrogens with zero attached hydrogens (tertiary/aromatic N) is 3. The summed E-state index contributed by atoms with van der Waals surface area (Å²) in [5.41, 5.74) is 2.66. The minimum atomic E-state index is -1.16. The Hall–Kier alpha value is -4.71. The number of benzene rings is 2. The number of aromatic nitrogens is 1. The van der Waals surface area contributed by atoms with Crippen molar-refractivity contribution in [3.8, 4) is 5.75 Å². The standard InChI is InChI=1S/C32H31N3O8/c36-17-21-15-25-30(32(41)34(31(25)40)22-6-4-7-23(16-22)35(42)43)26(18-37)29(21)28(39)11-10-20(27-9-1-2-12-33-27)13-19-5-3-8-24(38)14-19/h1-9,12-14,16,25-26,28,30,36-39H,10-11,15,17-18H2/b20-13-/t25-,26+,28-,30-/m1/s1. The lowest BCUT2D eigenvalue weighted by atomic mass is 9.68. The van der Waals surface area contributed by atoms with Crippen molar-refractivity contribution in [3.05, 3.63) is 105 Å². The molecule has 5 rings (SSSR count). The Labute approximate surface area is 247 Å². The van der Waals surface area contributed by atoms with Crippen molar-refractivity contribution in [3.63, 3.8) is 0 Å². The van der Waals surface area contributed by atoms with E-state index in [4.69, 9.17) is 0 Å². The Morgan fingerprint density at radius 1 is 1.07 bits per heavy atom. The van der Waals surface area contributed by atoms with Gasteiger partial charge in [0.05, 0.1) is 47.5 Å². The number of allylic oxidation sites excluding steroid dienone is 1. The Morgan fingerprint density at radius 3 is 2.53 bits per heavy atom. The number of aliphatic hydroxyl groups excluding tert-OH is 3. The van der Waals surface area contributed by atoms with Crippen LogP contribution in [-0.2, 0) is 9.59 Å². The number of non-ortho nitro benzene ring substituents is 1. The maximum absolute atomic E-state index is 13.7. The molecule has 2 amide bonds. The second-order valence-corrected chi connectivity index (χ2v) is 10.7. The topological polar surface area (TPSA) is 174 Å². The smallest absolute Gasteiger partial charge is 0.271 e. The summed E-state index contributed by atoms with van der Waals surface area (Å²) >= 11 is 0. The van der Waals surface area contributed by atoms with Crippen molar-refractivity contribution in [1.29, 1.82) is 0 Å². The third-order valence-electron chi connectivity index (χ3n) is 8.12. The van der Waals surface area contributed by atoms with E-state index < -0.39 is 53.8 Å². The van der Waals surface area contributed by atoms with E-state index in [1.807, 2.05) is 24.3 Å². The molecule has 2 aliphatic rings. The number of fused-ring (bicyclic) bond motifs is 1. The first-order valence-electron chi connectivity index (χ1n) is 13.9. The number of carbonyl (C=O) groups is 2. The number of amides is 2. The van der Waals surface area contributed by atoms with Crippen LogP contribution < -0.4 is 4.90 Å². The van der Waals surface area contributed by atoms with E-state index >= 15 is 0 Å². The molecule has 1 aliphatic heterocycles. The number of hydrogen-bond acceptors (Lipinski definition) is 9. The van der Waals surface area contributed by atoms with Crippen LogP contribution in [0.15, 0.2) is 84.1 Å². The number of phenolic OH excluding ortho intramolecular Hbond substituents is 1. The molecule has 2 heterocycles. The van der Waals surface area contributed by atoms with Gasteiger partial charge in [-0.1, -0.05) is 24.3 Å². The zero-order chi connectivity index (χ0) is 30.7. The SMILES string of the molecule is O=C1[C@@H]2[C@@H](CC(CO)=C([C@H](O)CC/C(=C/c3cccc(O)c3)c3ccccn3)[C@@H]2CO)C(=O)N1c1cccc([N+](=O)[O-])c1. The third kappa shape index (κ3) is 5.96. The van der Waals surface area contributed by atoms with Gasteiger partial charge in [0.2, 0.25) is 11.8 Å². The number of rotatable bonds is 10. The van der Waals surface area contributed by atoms with Crippen LogP contribution in [0.4, 0.5) is 11.4 Å². The summed E-state index contributed by atoms with van der Waals surface area (Å²) < 4.78 is 0. The summed E-state index contributed by atoms with van der Waals surface area (Å²) in [6, 6.07) is 17.4. The number of pyridine rings is 1. The number of nitro benzene ring substituents is 1. The number of hydrogen-bond donors (Lipinski definition) is 4. The Kier molecular flexibility index (Phi) is 8.76. The number of phenols is 1. The van der Waals surface area contributed by atoms with Crippen LogP contribution in [0.3, 0.4) is 0 Å². The normalized spacial score (nSPS) is 21.2. The van der Waals surface area contributed by atoms with Crippen molar-refractivity contribution in [2.24, 2.45) is 17.8 Å². The Bertz CT molecular complexity index is 1600. The molecule has 1 fully saturated rings. The average Bonchev–Trinajstić information content (AvgIpc) is 3.27. The van der Waals surface area contributed by atoms with Gasteiger partial charge in [-0.25, -0.2) is 4.90 Å². The highest BCUT2D eigenvalue weighted by Crippen LogP contribution is 2.47. The summed E-state index contributed by atoms with van der Waals surface area (Å²) in [6.45, 7) is -1.03. The van der Waals surface area contributed by atoms with Gasteiger partial charge in [0.25, 0.3) is 5.69 Å². The number of anilines is 1. The zero-order valence-corrected chi connectivity index (χ0v) is 23.1. The van der Waals surface area contributed by atoms with E-state index in [0.29, 0.717) is 23.3 Å². The summed E-state index contributed by atoms with van der Waals surface area (Å²) in [5.74, 6) is -3.92. The third-order valence-corrected chi connectivity index (χ3v) is 8.12. The lowest BCUT2D eigenvalue weighted by molar-refractivity contribution is -0.384. The van der Waals surface area contributed by atoms with Crippen LogP contribution in [0.25, 0.3) is 11.6 Å². The summed E-state index contributed by atoms with van der Waals surface area (Å²) in [5, 5.41) is 53.5. The van der Waals surface area contributed by atoms with Gasteiger partial charge in [-0.05, 0) is 78.0 Å². The Morgan fingerprint density at radius 2 is 1.86 bits per heavy atom. The monoisotopic (exact) mass is 585 g/mol. The van der Waals surface area contributed by atoms with Crippen molar-refractivity contribution < 1.29 is 34.9 Å². The molecule has 11 nitrogen and oxygen atoms in total. The van der Waals surface area contributed by atoms with Gasteiger partial charge in [-0.15, -0.1) is 0 Å². The van der Waals surface area contributed by atoms with Crippen molar-refractivity contribution in [2.75, 3.05) is 18.1 Å². The largest absolute Gasteiger partial charge is 0.508 e. The molecule has 43 heavy (non-hydrogen) atoms. The van der Waals surface area contributed by atoms with E-state index in [1.165, 1.54) is 18.2 Å². The van der Waals surface area contributed by atoms with Gasteiger partial charge >= 0.3 is 0 Å². The maximum atomic E-state index is 13.7. The van der Waals surface area contributed by atoms with Gasteiger partial charge in [-0.3, -0.25) is 24.7 Å². The van der Waals surface area contributed by atoms with Crippen LogP contribution in [0.2, 0.25) is 0 Å². The van der Waals surface area contributed by atoms with Crippen molar-refractivity contribution >= 4 is 34.8 Å². The molecular weight excluding hydrogens is 554 g/mol. The molecule has 0 unspecified atom stereocenters. The highest BCUT2D eigenvalue weighted by molar-refractivity contribution is 6.22. The number of nitro groups is 1. The fourth-order valence-electron chi connectivity index (χ4n) is 6.20. The molecule has 0 bridgehead atoms. The molecule has 1 aromatic heterocycles. The van der Waals surface area contributed by atoms with E-state index in [2.05, 4.69) is 4.98 Å². The van der Waals surface area contributed by atoms with E-state index in [-0.39, 0.29) is 30.0 Å². The highest BCUT2D eigenvalue weighted by Gasteiger charge is 2.55. The van der Waals surface area contributed by atoms with Gasteiger partial charge in [0, 0.05) is 24.2 Å². The van der Waals surface area contributed by atoms with Gasteiger partial charge in [0.1, 0.15) is 5.75 Å². The lowest BCUT2D eigenvalue weighted by Gasteiger charge is -2.36. The van der Waals surface area contributed by atoms with Gasteiger partial charge in [-0.2, -0.15) is 0 Å². The zero-order valence-electron chi connectivity index (χ0n) is 23.1. The summed E-state index contributed by atoms with van der Waals surface area (Å²) in [7, 11) is 0. The first kappa shape index (κ1) is 29.8. The average molecular weight is 586 g/mol.